The van der Waals surface area contributed by atoms with Gasteiger partial charge in [0.05, 0.1) is 23.9 Å². The van der Waals surface area contributed by atoms with E-state index in [1.807, 2.05) is 6.92 Å². The van der Waals surface area contributed by atoms with E-state index in [1.54, 1.807) is 19.1 Å². The normalized spacial score (nSPS) is 19.6. The number of hydrogen-bond donors (Lipinski definition) is 0. The Balaban J connectivity index is 1.64. The van der Waals surface area contributed by atoms with Crippen molar-refractivity contribution in [2.24, 2.45) is 0 Å². The fourth-order valence-electron chi connectivity index (χ4n) is 3.09. The van der Waals surface area contributed by atoms with Crippen LogP contribution in [-0.4, -0.2) is 71.7 Å². The van der Waals surface area contributed by atoms with E-state index in [2.05, 4.69) is 19.6 Å². The summed E-state index contributed by atoms with van der Waals surface area (Å²) in [5.74, 6) is -2.07. The minimum atomic E-state index is -3.57. The molecule has 1 aliphatic rings. The summed E-state index contributed by atoms with van der Waals surface area (Å²) in [6.07, 6.45) is 4.58. The molecule has 2 atom stereocenters. The highest BCUT2D eigenvalue weighted by molar-refractivity contribution is 7.91. The number of rotatable bonds is 14. The van der Waals surface area contributed by atoms with Crippen LogP contribution in [0.2, 0.25) is 25.7 Å². The maximum absolute atomic E-state index is 12.3. The average molecular weight is 553 g/mol. The lowest BCUT2D eigenvalue weighted by molar-refractivity contribution is -0.144. The molecule has 1 aromatic rings. The number of benzene rings is 1. The van der Waals surface area contributed by atoms with Crippen molar-refractivity contribution in [3.63, 3.8) is 0 Å². The van der Waals surface area contributed by atoms with Gasteiger partial charge in [0.15, 0.2) is 15.9 Å². The number of aryl methyl sites for hydroxylation is 1. The largest absolute Gasteiger partial charge is 0.463 e. The zero-order valence-corrected chi connectivity index (χ0v) is 23.8. The number of ether oxygens (including phenoxy) is 4. The number of hydrogen-bond acceptors (Lipinski definition) is 9. The first-order chi connectivity index (χ1) is 17.2. The smallest absolute Gasteiger partial charge is 0.338 e. The van der Waals surface area contributed by atoms with Gasteiger partial charge in [-0.25, -0.2) is 22.8 Å². The maximum Gasteiger partial charge on any atom is 0.338 e. The molecule has 9 nitrogen and oxygen atoms in total. The second-order valence-corrected chi connectivity index (χ2v) is 18.0. The minimum Gasteiger partial charge on any atom is -0.463 e. The fraction of sp³-hybridized carbons (Fsp3) is 0.500. The van der Waals surface area contributed by atoms with Crippen molar-refractivity contribution in [3.8, 4) is 0 Å². The third-order valence-corrected chi connectivity index (χ3v) is 8.99. The molecule has 1 heterocycles. The molecular weight excluding hydrogens is 516 g/mol. The van der Waals surface area contributed by atoms with Gasteiger partial charge in [-0.1, -0.05) is 49.5 Å². The highest BCUT2D eigenvalue weighted by Crippen LogP contribution is 2.40. The first-order valence-electron chi connectivity index (χ1n) is 12.0. The molecule has 2 rings (SSSR count). The SMILES string of the molecule is Cc1ccc(S(=O)(=O)CCOC(=O)[C@H]2O[C@]2(C)CCOC(=O)/C=C/C=C\C(=O)OCC[Si](C)(C)C)cc1. The van der Waals surface area contributed by atoms with Crippen LogP contribution in [0.1, 0.15) is 18.9 Å². The quantitative estimate of drug-likeness (QED) is 0.0852. The number of esters is 3. The molecule has 1 saturated heterocycles. The predicted molar refractivity (Wildman–Crippen MR) is 140 cm³/mol. The van der Waals surface area contributed by atoms with Crippen LogP contribution in [0.5, 0.6) is 0 Å². The molecular formula is C26H36O9SSi. The highest BCUT2D eigenvalue weighted by Gasteiger charge is 2.57. The second-order valence-electron chi connectivity index (χ2n) is 10.2. The molecule has 1 aromatic carbocycles. The molecule has 11 heteroatoms. The van der Waals surface area contributed by atoms with E-state index >= 15 is 0 Å². The summed E-state index contributed by atoms with van der Waals surface area (Å²) < 4.78 is 45.4. The van der Waals surface area contributed by atoms with E-state index < -0.39 is 47.5 Å². The molecule has 0 spiro atoms. The second kappa shape index (κ2) is 13.2. The van der Waals surface area contributed by atoms with E-state index in [9.17, 15) is 22.8 Å². The van der Waals surface area contributed by atoms with E-state index in [-0.39, 0.29) is 30.3 Å². The van der Waals surface area contributed by atoms with Crippen molar-refractivity contribution in [1.29, 1.82) is 0 Å². The van der Waals surface area contributed by atoms with Crippen molar-refractivity contribution in [1.82, 2.24) is 0 Å². The molecule has 0 N–H and O–H groups in total. The van der Waals surface area contributed by atoms with Gasteiger partial charge < -0.3 is 18.9 Å². The molecule has 0 unspecified atom stereocenters. The Kier molecular flexibility index (Phi) is 10.8. The Labute approximate surface area is 219 Å². The summed E-state index contributed by atoms with van der Waals surface area (Å²) in [5.41, 5.74) is 0.0930. The van der Waals surface area contributed by atoms with Crippen LogP contribution in [0.15, 0.2) is 53.5 Å². The standard InChI is InChI=1S/C26H36O9SSi/c1-20-10-12-21(13-11-20)36(30,31)18-16-34-25(29)24-26(2,35-24)14-15-32-22(27)8-6-7-9-23(28)33-17-19-37(3,4)5/h6-13,24H,14-19H2,1-5H3/b8-6+,9-7-/t24-,26-/m1/s1. The Hall–Kier alpha value is -2.76. The van der Waals surface area contributed by atoms with Gasteiger partial charge in [0.1, 0.15) is 12.2 Å². The van der Waals surface area contributed by atoms with Crippen LogP contribution in [0, 0.1) is 6.92 Å². The molecule has 0 aromatic heterocycles. The van der Waals surface area contributed by atoms with E-state index in [0.29, 0.717) is 6.61 Å². The van der Waals surface area contributed by atoms with Crippen LogP contribution >= 0.6 is 0 Å². The van der Waals surface area contributed by atoms with Crippen LogP contribution in [0.3, 0.4) is 0 Å². The van der Waals surface area contributed by atoms with Gasteiger partial charge in [0.2, 0.25) is 0 Å². The van der Waals surface area contributed by atoms with Gasteiger partial charge in [0.25, 0.3) is 0 Å². The molecule has 0 radical (unpaired) electrons. The average Bonchev–Trinajstić information content (AvgIpc) is 3.47. The third-order valence-electron chi connectivity index (χ3n) is 5.59. The van der Waals surface area contributed by atoms with Crippen molar-refractivity contribution >= 4 is 35.8 Å². The first-order valence-corrected chi connectivity index (χ1v) is 17.4. The summed E-state index contributed by atoms with van der Waals surface area (Å²) in [6.45, 7) is 10.2. The van der Waals surface area contributed by atoms with Gasteiger partial charge in [-0.05, 0) is 32.0 Å². The highest BCUT2D eigenvalue weighted by atomic mass is 32.2. The number of sulfone groups is 1. The third kappa shape index (κ3) is 11.0. The Morgan fingerprint density at radius 1 is 0.946 bits per heavy atom. The zero-order chi connectivity index (χ0) is 27.7. The number of carbonyl (C=O) groups is 3. The Bertz CT molecular complexity index is 1120. The van der Waals surface area contributed by atoms with E-state index in [4.69, 9.17) is 18.9 Å². The zero-order valence-electron chi connectivity index (χ0n) is 22.0. The molecule has 0 bridgehead atoms. The van der Waals surface area contributed by atoms with Crippen molar-refractivity contribution in [2.75, 3.05) is 25.6 Å². The van der Waals surface area contributed by atoms with E-state index in [1.165, 1.54) is 36.4 Å². The fourth-order valence-corrected chi connectivity index (χ4v) is 4.89. The van der Waals surface area contributed by atoms with Gasteiger partial charge in [-0.15, -0.1) is 0 Å². The van der Waals surface area contributed by atoms with Gasteiger partial charge in [-0.3, -0.25) is 0 Å². The molecule has 204 valence electrons. The van der Waals surface area contributed by atoms with E-state index in [0.717, 1.165) is 11.6 Å². The molecule has 1 aliphatic heterocycles. The monoisotopic (exact) mass is 552 g/mol. The summed E-state index contributed by atoms with van der Waals surface area (Å²) in [5, 5.41) is 0. The molecule has 0 amide bonds. The van der Waals surface area contributed by atoms with Gasteiger partial charge in [-0.2, -0.15) is 0 Å². The summed E-state index contributed by atoms with van der Waals surface area (Å²) in [6, 6.07) is 7.32. The lowest BCUT2D eigenvalue weighted by Gasteiger charge is -2.14. The predicted octanol–water partition coefficient (Wildman–Crippen LogP) is 3.40. The van der Waals surface area contributed by atoms with Crippen LogP contribution in [0.4, 0.5) is 0 Å². The van der Waals surface area contributed by atoms with Gasteiger partial charge in [0, 0.05) is 26.6 Å². The van der Waals surface area contributed by atoms with Crippen molar-refractivity contribution in [3.05, 3.63) is 54.1 Å². The summed E-state index contributed by atoms with van der Waals surface area (Å²) in [7, 11) is -4.84. The van der Waals surface area contributed by atoms with Crippen molar-refractivity contribution < 1.29 is 41.7 Å². The van der Waals surface area contributed by atoms with Crippen LogP contribution in [0.25, 0.3) is 0 Å². The lowest BCUT2D eigenvalue weighted by atomic mass is 10.0. The first kappa shape index (κ1) is 30.5. The number of carbonyl (C=O) groups excluding carboxylic acids is 3. The molecule has 37 heavy (non-hydrogen) atoms. The summed E-state index contributed by atoms with van der Waals surface area (Å²) >= 11 is 0. The van der Waals surface area contributed by atoms with Crippen LogP contribution in [-0.2, 0) is 43.2 Å². The van der Waals surface area contributed by atoms with Crippen molar-refractivity contribution in [2.45, 2.75) is 62.6 Å². The maximum atomic E-state index is 12.3. The molecule has 0 saturated carbocycles. The summed E-state index contributed by atoms with van der Waals surface area (Å²) in [4.78, 5) is 35.8. The van der Waals surface area contributed by atoms with Gasteiger partial charge >= 0.3 is 17.9 Å². The Morgan fingerprint density at radius 3 is 2.08 bits per heavy atom. The lowest BCUT2D eigenvalue weighted by Crippen LogP contribution is -2.24. The minimum absolute atomic E-state index is 0.00764. The molecule has 0 aliphatic carbocycles. The molecule has 1 fully saturated rings. The van der Waals surface area contributed by atoms with Crippen LogP contribution < -0.4 is 0 Å². The Morgan fingerprint density at radius 2 is 1.51 bits per heavy atom. The number of epoxide rings is 1. The topological polar surface area (TPSA) is 126 Å². The number of allylic oxidation sites excluding steroid dienone is 2.